The fourth-order valence-electron chi connectivity index (χ4n) is 3.79. The fourth-order valence-corrected chi connectivity index (χ4v) is 3.79. The Morgan fingerprint density at radius 3 is 2.61 bits per heavy atom. The van der Waals surface area contributed by atoms with Crippen LogP contribution in [0.25, 0.3) is 0 Å². The lowest BCUT2D eigenvalue weighted by Gasteiger charge is -2.37. The first-order valence-electron chi connectivity index (χ1n) is 8.52. The number of nitrogens with two attached hydrogens (primary N) is 1. The number of nitrogens with zero attached hydrogens (tertiary/aromatic N) is 2. The van der Waals surface area contributed by atoms with Gasteiger partial charge < -0.3 is 20.3 Å². The minimum absolute atomic E-state index is 0.342. The second-order valence-corrected chi connectivity index (χ2v) is 6.74. The standard InChI is InChI=1S/C18H27N3O2/c1-13-15(18(19)22)5-6-16(21-9-7-20(2)8-10-21)17(13)14-4-3-11-23-12-14/h5-6,14H,3-4,7-12H2,1-2H3,(H2,19,22). The molecule has 23 heavy (non-hydrogen) atoms. The Kier molecular flexibility index (Phi) is 4.87. The molecule has 2 aliphatic rings. The molecule has 0 spiro atoms. The van der Waals surface area contributed by atoms with E-state index in [-0.39, 0.29) is 5.91 Å². The Balaban J connectivity index is 2.00. The molecule has 1 aromatic rings. The van der Waals surface area contributed by atoms with Crippen LogP contribution in [-0.2, 0) is 4.74 Å². The number of benzene rings is 1. The van der Waals surface area contributed by atoms with Crippen LogP contribution in [0.4, 0.5) is 5.69 Å². The lowest BCUT2D eigenvalue weighted by atomic mass is 9.86. The summed E-state index contributed by atoms with van der Waals surface area (Å²) < 4.78 is 5.71. The summed E-state index contributed by atoms with van der Waals surface area (Å²) >= 11 is 0. The van der Waals surface area contributed by atoms with Crippen LogP contribution in [0.5, 0.6) is 0 Å². The van der Waals surface area contributed by atoms with Crippen LogP contribution in [0, 0.1) is 6.92 Å². The summed E-state index contributed by atoms with van der Waals surface area (Å²) in [4.78, 5) is 16.6. The van der Waals surface area contributed by atoms with Gasteiger partial charge in [-0.3, -0.25) is 4.79 Å². The number of amides is 1. The zero-order valence-corrected chi connectivity index (χ0v) is 14.2. The summed E-state index contributed by atoms with van der Waals surface area (Å²) in [5.74, 6) is 0.0168. The van der Waals surface area contributed by atoms with Crippen molar-refractivity contribution in [3.63, 3.8) is 0 Å². The molecule has 1 unspecified atom stereocenters. The van der Waals surface area contributed by atoms with Crippen molar-refractivity contribution < 1.29 is 9.53 Å². The molecule has 2 heterocycles. The van der Waals surface area contributed by atoms with E-state index >= 15 is 0 Å². The molecule has 5 heteroatoms. The van der Waals surface area contributed by atoms with Crippen molar-refractivity contribution in [2.45, 2.75) is 25.7 Å². The van der Waals surface area contributed by atoms with Crippen molar-refractivity contribution in [3.05, 3.63) is 28.8 Å². The number of carbonyl (C=O) groups is 1. The van der Waals surface area contributed by atoms with Gasteiger partial charge in [0.05, 0.1) is 6.61 Å². The van der Waals surface area contributed by atoms with Crippen LogP contribution in [0.3, 0.4) is 0 Å². The third-order valence-electron chi connectivity index (χ3n) is 5.17. The van der Waals surface area contributed by atoms with Crippen LogP contribution in [0.15, 0.2) is 12.1 Å². The molecular weight excluding hydrogens is 290 g/mol. The predicted octanol–water partition coefficient (Wildman–Crippen LogP) is 1.74. The number of rotatable bonds is 3. The monoisotopic (exact) mass is 317 g/mol. The highest BCUT2D eigenvalue weighted by atomic mass is 16.5. The number of piperazine rings is 1. The summed E-state index contributed by atoms with van der Waals surface area (Å²) in [6.45, 7) is 7.79. The van der Waals surface area contributed by atoms with E-state index in [1.165, 1.54) is 11.3 Å². The van der Waals surface area contributed by atoms with Crippen LogP contribution in [0.1, 0.15) is 40.2 Å². The molecule has 3 rings (SSSR count). The maximum atomic E-state index is 11.8. The van der Waals surface area contributed by atoms with E-state index in [1.54, 1.807) is 0 Å². The zero-order chi connectivity index (χ0) is 16.4. The summed E-state index contributed by atoms with van der Waals surface area (Å²) in [7, 11) is 2.16. The predicted molar refractivity (Wildman–Crippen MR) is 92.2 cm³/mol. The Morgan fingerprint density at radius 1 is 1.26 bits per heavy atom. The number of primary amides is 1. The normalized spacial score (nSPS) is 23.0. The first-order valence-corrected chi connectivity index (χ1v) is 8.52. The maximum Gasteiger partial charge on any atom is 0.248 e. The van der Waals surface area contributed by atoms with Gasteiger partial charge in [0, 0.05) is 50.0 Å². The number of ether oxygens (including phenoxy) is 1. The number of anilines is 1. The van der Waals surface area contributed by atoms with Crippen molar-refractivity contribution >= 4 is 11.6 Å². The summed E-state index contributed by atoms with van der Waals surface area (Å²) in [5.41, 5.74) is 9.77. The van der Waals surface area contributed by atoms with Gasteiger partial charge in [-0.2, -0.15) is 0 Å². The van der Waals surface area contributed by atoms with Gasteiger partial charge in [-0.25, -0.2) is 0 Å². The highest BCUT2D eigenvalue weighted by Gasteiger charge is 2.26. The quantitative estimate of drug-likeness (QED) is 0.922. The van der Waals surface area contributed by atoms with Gasteiger partial charge in [0.2, 0.25) is 5.91 Å². The molecule has 1 amide bonds. The largest absolute Gasteiger partial charge is 0.381 e. The second-order valence-electron chi connectivity index (χ2n) is 6.74. The second kappa shape index (κ2) is 6.89. The van der Waals surface area contributed by atoms with Gasteiger partial charge in [-0.15, -0.1) is 0 Å². The molecule has 2 fully saturated rings. The molecule has 126 valence electrons. The third kappa shape index (κ3) is 3.35. The van der Waals surface area contributed by atoms with Crippen LogP contribution in [-0.4, -0.2) is 57.2 Å². The van der Waals surface area contributed by atoms with E-state index in [0.29, 0.717) is 11.5 Å². The molecule has 0 bridgehead atoms. The molecular formula is C18H27N3O2. The van der Waals surface area contributed by atoms with E-state index in [1.807, 2.05) is 13.0 Å². The fraction of sp³-hybridized carbons (Fsp3) is 0.611. The molecule has 0 aromatic heterocycles. The van der Waals surface area contributed by atoms with E-state index in [4.69, 9.17) is 10.5 Å². The van der Waals surface area contributed by atoms with Crippen molar-refractivity contribution in [3.8, 4) is 0 Å². The smallest absolute Gasteiger partial charge is 0.248 e. The van der Waals surface area contributed by atoms with E-state index in [2.05, 4.69) is 22.9 Å². The van der Waals surface area contributed by atoms with Crippen molar-refractivity contribution in [2.24, 2.45) is 5.73 Å². The van der Waals surface area contributed by atoms with Crippen molar-refractivity contribution in [1.82, 2.24) is 4.90 Å². The van der Waals surface area contributed by atoms with Crippen molar-refractivity contribution in [1.29, 1.82) is 0 Å². The lowest BCUT2D eigenvalue weighted by Crippen LogP contribution is -2.45. The molecule has 0 radical (unpaired) electrons. The molecule has 5 nitrogen and oxygen atoms in total. The summed E-state index contributed by atoms with van der Waals surface area (Å²) in [6.07, 6.45) is 2.19. The molecule has 2 saturated heterocycles. The molecule has 2 aliphatic heterocycles. The van der Waals surface area contributed by atoms with E-state index in [0.717, 1.165) is 57.8 Å². The lowest BCUT2D eigenvalue weighted by molar-refractivity contribution is 0.0802. The number of hydrogen-bond donors (Lipinski definition) is 1. The average molecular weight is 317 g/mol. The average Bonchev–Trinajstić information content (AvgIpc) is 2.55. The highest BCUT2D eigenvalue weighted by molar-refractivity contribution is 5.95. The first-order chi connectivity index (χ1) is 11.1. The van der Waals surface area contributed by atoms with Crippen molar-refractivity contribution in [2.75, 3.05) is 51.3 Å². The van der Waals surface area contributed by atoms with Gasteiger partial charge >= 0.3 is 0 Å². The van der Waals surface area contributed by atoms with E-state index in [9.17, 15) is 4.79 Å². The van der Waals surface area contributed by atoms with Crippen LogP contribution >= 0.6 is 0 Å². The van der Waals surface area contributed by atoms with Gasteiger partial charge in [-0.05, 0) is 50.1 Å². The third-order valence-corrected chi connectivity index (χ3v) is 5.17. The zero-order valence-electron chi connectivity index (χ0n) is 14.2. The topological polar surface area (TPSA) is 58.8 Å². The minimum Gasteiger partial charge on any atom is -0.381 e. The molecule has 1 atom stereocenters. The Bertz CT molecular complexity index is 574. The number of carbonyl (C=O) groups excluding carboxylic acids is 1. The van der Waals surface area contributed by atoms with Gasteiger partial charge in [0.15, 0.2) is 0 Å². The molecule has 1 aromatic carbocycles. The SMILES string of the molecule is Cc1c(C(N)=O)ccc(N2CCN(C)CC2)c1C1CCCOC1. The Morgan fingerprint density at radius 2 is 2.00 bits per heavy atom. The molecule has 0 aliphatic carbocycles. The van der Waals surface area contributed by atoms with Gasteiger partial charge in [0.25, 0.3) is 0 Å². The van der Waals surface area contributed by atoms with E-state index < -0.39 is 0 Å². The summed E-state index contributed by atoms with van der Waals surface area (Å²) in [5, 5.41) is 0. The maximum absolute atomic E-state index is 11.8. The first kappa shape index (κ1) is 16.3. The Hall–Kier alpha value is -1.59. The van der Waals surface area contributed by atoms with Crippen LogP contribution in [0.2, 0.25) is 0 Å². The summed E-state index contributed by atoms with van der Waals surface area (Å²) in [6, 6.07) is 3.97. The van der Waals surface area contributed by atoms with Crippen LogP contribution < -0.4 is 10.6 Å². The number of likely N-dealkylation sites (N-methyl/N-ethyl adjacent to an activating group) is 1. The van der Waals surface area contributed by atoms with Gasteiger partial charge in [-0.1, -0.05) is 0 Å². The number of hydrogen-bond acceptors (Lipinski definition) is 4. The molecule has 2 N–H and O–H groups in total. The molecule has 0 saturated carbocycles. The Labute approximate surface area is 138 Å². The van der Waals surface area contributed by atoms with Gasteiger partial charge in [0.1, 0.15) is 0 Å². The minimum atomic E-state index is -0.342. The highest BCUT2D eigenvalue weighted by Crippen LogP contribution is 2.37.